The maximum Gasteiger partial charge on any atom is 0.329 e. The van der Waals surface area contributed by atoms with Crippen LogP contribution in [0.1, 0.15) is 29.2 Å². The molecule has 2 amide bonds. The zero-order chi connectivity index (χ0) is 16.6. The highest BCUT2D eigenvalue weighted by Gasteiger charge is 2.33. The first kappa shape index (κ1) is 15.6. The van der Waals surface area contributed by atoms with Gasteiger partial charge in [0, 0.05) is 13.6 Å². The Balaban J connectivity index is 1.87. The summed E-state index contributed by atoms with van der Waals surface area (Å²) in [6.45, 7) is 6.22. The van der Waals surface area contributed by atoms with Gasteiger partial charge in [-0.1, -0.05) is 42.5 Å². The van der Waals surface area contributed by atoms with Gasteiger partial charge >= 0.3 is 6.03 Å². The van der Waals surface area contributed by atoms with E-state index in [1.54, 1.807) is 10.0 Å². The van der Waals surface area contributed by atoms with Gasteiger partial charge in [0.1, 0.15) is 0 Å². The molecule has 1 radical (unpaired) electrons. The average Bonchev–Trinajstić information content (AvgIpc) is 2.92. The molecule has 119 valence electrons. The predicted octanol–water partition coefficient (Wildman–Crippen LogP) is 3.80. The quantitative estimate of drug-likeness (QED) is 0.917. The monoisotopic (exact) mass is 308 g/mol. The van der Waals surface area contributed by atoms with E-state index in [0.29, 0.717) is 0 Å². The maximum atomic E-state index is 11.6. The summed E-state index contributed by atoms with van der Waals surface area (Å²) in [5.41, 5.74) is 11.6. The normalized spacial score (nSPS) is 18.4. The Morgan fingerprint density at radius 2 is 1.70 bits per heavy atom. The van der Waals surface area contributed by atoms with Crippen LogP contribution in [0, 0.1) is 20.4 Å². The highest BCUT2D eigenvalue weighted by atomic mass is 16.2. The Labute approximate surface area is 137 Å². The minimum atomic E-state index is -0.426. The third kappa shape index (κ3) is 2.94. The van der Waals surface area contributed by atoms with Gasteiger partial charge in [0.05, 0.1) is 6.04 Å². The fourth-order valence-corrected chi connectivity index (χ4v) is 3.07. The van der Waals surface area contributed by atoms with Crippen LogP contribution in [0.5, 0.6) is 0 Å². The molecule has 4 nitrogen and oxygen atoms in total. The summed E-state index contributed by atoms with van der Waals surface area (Å²) < 4.78 is 0. The number of carbonyl (C=O) groups is 1. The van der Waals surface area contributed by atoms with Crippen LogP contribution in [0.25, 0.3) is 11.1 Å². The molecule has 1 heterocycles. The van der Waals surface area contributed by atoms with Crippen molar-refractivity contribution in [3.8, 4) is 11.1 Å². The second-order valence-electron chi connectivity index (χ2n) is 6.11. The van der Waals surface area contributed by atoms with Crippen LogP contribution in [-0.4, -0.2) is 23.1 Å². The molecule has 0 bridgehead atoms. The summed E-state index contributed by atoms with van der Waals surface area (Å²) in [7, 11) is 1.84. The number of benzene rings is 2. The summed E-state index contributed by atoms with van der Waals surface area (Å²) in [6, 6.07) is 14.4. The van der Waals surface area contributed by atoms with Gasteiger partial charge in [-0.15, -0.1) is 0 Å². The van der Waals surface area contributed by atoms with E-state index in [4.69, 9.17) is 5.73 Å². The number of urea groups is 1. The lowest BCUT2D eigenvalue weighted by atomic mass is 9.97. The van der Waals surface area contributed by atoms with Crippen molar-refractivity contribution in [2.24, 2.45) is 5.73 Å². The Morgan fingerprint density at radius 3 is 2.30 bits per heavy atom. The Hall–Kier alpha value is -2.33. The van der Waals surface area contributed by atoms with E-state index in [9.17, 15) is 4.79 Å². The van der Waals surface area contributed by atoms with Crippen molar-refractivity contribution in [1.29, 1.82) is 0 Å². The van der Waals surface area contributed by atoms with E-state index in [2.05, 4.69) is 56.3 Å². The van der Waals surface area contributed by atoms with E-state index in [1.807, 2.05) is 13.6 Å². The lowest BCUT2D eigenvalue weighted by Crippen LogP contribution is -2.42. The minimum Gasteiger partial charge on any atom is -0.350 e. The van der Waals surface area contributed by atoms with E-state index < -0.39 is 6.03 Å². The highest BCUT2D eigenvalue weighted by Crippen LogP contribution is 2.34. The molecule has 1 saturated heterocycles. The van der Waals surface area contributed by atoms with Crippen molar-refractivity contribution in [1.82, 2.24) is 10.0 Å². The highest BCUT2D eigenvalue weighted by molar-refractivity contribution is 5.72. The number of hydrogen-bond donors (Lipinski definition) is 1. The SMILES string of the molecule is Cc1ccc(-c2ccc(C3C[CH]N(C)N3C(N)=O)cc2)cc1C. The number of nitrogens with two attached hydrogens (primary N) is 1. The molecular formula is C19H22N3O. The molecule has 1 aliphatic rings. The van der Waals surface area contributed by atoms with Crippen molar-refractivity contribution in [3.63, 3.8) is 0 Å². The summed E-state index contributed by atoms with van der Waals surface area (Å²) in [6.07, 6.45) is 0.780. The summed E-state index contributed by atoms with van der Waals surface area (Å²) in [4.78, 5) is 11.6. The van der Waals surface area contributed by atoms with E-state index in [-0.39, 0.29) is 6.04 Å². The fraction of sp³-hybridized carbons (Fsp3) is 0.263. The molecule has 0 aromatic heterocycles. The largest absolute Gasteiger partial charge is 0.350 e. The molecule has 4 heteroatoms. The van der Waals surface area contributed by atoms with Gasteiger partial charge in [0.25, 0.3) is 0 Å². The molecule has 23 heavy (non-hydrogen) atoms. The van der Waals surface area contributed by atoms with Crippen molar-refractivity contribution in [3.05, 3.63) is 65.7 Å². The Bertz CT molecular complexity index is 724. The number of rotatable bonds is 2. The number of nitrogens with zero attached hydrogens (tertiary/aromatic N) is 2. The number of primary amides is 1. The van der Waals surface area contributed by atoms with Gasteiger partial charge in [-0.3, -0.25) is 0 Å². The van der Waals surface area contributed by atoms with Crippen LogP contribution in [0.4, 0.5) is 4.79 Å². The van der Waals surface area contributed by atoms with Gasteiger partial charge in [-0.25, -0.2) is 14.8 Å². The van der Waals surface area contributed by atoms with Gasteiger partial charge in [-0.2, -0.15) is 0 Å². The third-order valence-corrected chi connectivity index (χ3v) is 4.59. The van der Waals surface area contributed by atoms with Gasteiger partial charge < -0.3 is 5.73 Å². The number of hydrazine groups is 1. The second kappa shape index (κ2) is 6.05. The zero-order valence-electron chi connectivity index (χ0n) is 13.8. The lowest BCUT2D eigenvalue weighted by molar-refractivity contribution is 0.0790. The van der Waals surface area contributed by atoms with Crippen LogP contribution in [0.3, 0.4) is 0 Å². The van der Waals surface area contributed by atoms with Crippen LogP contribution in [0.15, 0.2) is 42.5 Å². The van der Waals surface area contributed by atoms with Gasteiger partial charge in [0.2, 0.25) is 0 Å². The van der Waals surface area contributed by atoms with E-state index >= 15 is 0 Å². The summed E-state index contributed by atoms with van der Waals surface area (Å²) in [5, 5.41) is 3.36. The zero-order valence-corrected chi connectivity index (χ0v) is 13.8. The molecule has 0 aliphatic carbocycles. The Morgan fingerprint density at radius 1 is 1.04 bits per heavy atom. The first-order valence-corrected chi connectivity index (χ1v) is 7.79. The van der Waals surface area contributed by atoms with Crippen LogP contribution in [0.2, 0.25) is 0 Å². The van der Waals surface area contributed by atoms with E-state index in [1.165, 1.54) is 22.3 Å². The first-order valence-electron chi connectivity index (χ1n) is 7.79. The predicted molar refractivity (Wildman–Crippen MR) is 92.2 cm³/mol. The molecule has 2 aromatic carbocycles. The van der Waals surface area contributed by atoms with Crippen LogP contribution < -0.4 is 5.73 Å². The van der Waals surface area contributed by atoms with Crippen LogP contribution >= 0.6 is 0 Å². The molecule has 1 atom stereocenters. The maximum absolute atomic E-state index is 11.6. The molecule has 3 rings (SSSR count). The van der Waals surface area contributed by atoms with Crippen molar-refractivity contribution >= 4 is 6.03 Å². The number of carbonyl (C=O) groups excluding carboxylic acids is 1. The topological polar surface area (TPSA) is 49.6 Å². The van der Waals surface area contributed by atoms with Gasteiger partial charge in [-0.05, 0) is 48.1 Å². The molecule has 0 saturated carbocycles. The molecule has 0 spiro atoms. The van der Waals surface area contributed by atoms with Crippen molar-refractivity contribution in [2.75, 3.05) is 7.05 Å². The first-order chi connectivity index (χ1) is 11.0. The van der Waals surface area contributed by atoms with E-state index in [0.717, 1.165) is 12.0 Å². The molecule has 1 fully saturated rings. The molecular weight excluding hydrogens is 286 g/mol. The van der Waals surface area contributed by atoms with Crippen molar-refractivity contribution in [2.45, 2.75) is 26.3 Å². The molecule has 1 aliphatic heterocycles. The number of hydrogen-bond acceptors (Lipinski definition) is 2. The fourth-order valence-electron chi connectivity index (χ4n) is 3.07. The van der Waals surface area contributed by atoms with Crippen LogP contribution in [-0.2, 0) is 0 Å². The summed E-state index contributed by atoms with van der Waals surface area (Å²) >= 11 is 0. The molecule has 1 unspecified atom stereocenters. The second-order valence-corrected chi connectivity index (χ2v) is 6.11. The van der Waals surface area contributed by atoms with Crippen molar-refractivity contribution < 1.29 is 4.79 Å². The number of aryl methyl sites for hydroxylation is 2. The van der Waals surface area contributed by atoms with Gasteiger partial charge in [0.15, 0.2) is 0 Å². The minimum absolute atomic E-state index is 0.0219. The average molecular weight is 308 g/mol. The number of amides is 2. The Kier molecular flexibility index (Phi) is 4.09. The molecule has 2 N–H and O–H groups in total. The standard InChI is InChI=1S/C19H22N3O/c1-13-4-5-17(12-14(13)2)15-6-8-16(9-7-15)18-10-11-21(3)22(18)19(20)23/h4-9,11-12,18H,10H2,1-3H3,(H2,20,23). The summed E-state index contributed by atoms with van der Waals surface area (Å²) in [5.74, 6) is 0. The lowest BCUT2D eigenvalue weighted by Gasteiger charge is -2.28. The smallest absolute Gasteiger partial charge is 0.329 e. The third-order valence-electron chi connectivity index (χ3n) is 4.59. The molecule has 2 aromatic rings.